The minimum Gasteiger partial charge on any atom is -0.497 e. The van der Waals surface area contributed by atoms with Crippen molar-refractivity contribution in [1.82, 2.24) is 0 Å². The molecule has 1 aliphatic rings. The van der Waals surface area contributed by atoms with Crippen LogP contribution in [0.5, 0.6) is 11.5 Å². The van der Waals surface area contributed by atoms with Crippen LogP contribution in [0.1, 0.15) is 0 Å². The van der Waals surface area contributed by atoms with E-state index in [0.29, 0.717) is 19.8 Å². The van der Waals surface area contributed by atoms with Crippen molar-refractivity contribution < 1.29 is 14.2 Å². The Balaban J connectivity index is 2.22. The van der Waals surface area contributed by atoms with Crippen LogP contribution in [-0.4, -0.2) is 41.0 Å². The fourth-order valence-corrected chi connectivity index (χ4v) is 2.17. The van der Waals surface area contributed by atoms with E-state index in [2.05, 4.69) is 6.07 Å². The summed E-state index contributed by atoms with van der Waals surface area (Å²) in [5.74, 6) is 1.52. The smallest absolute Gasteiger partial charge is 0.142 e. The van der Waals surface area contributed by atoms with Gasteiger partial charge in [-0.05, 0) is 12.1 Å². The van der Waals surface area contributed by atoms with Crippen molar-refractivity contribution in [2.75, 3.05) is 45.9 Å². The molecular weight excluding hydrogens is 244 g/mol. The maximum absolute atomic E-state index is 9.25. The summed E-state index contributed by atoms with van der Waals surface area (Å²) in [5, 5.41) is 9.25. The van der Waals surface area contributed by atoms with E-state index in [-0.39, 0.29) is 0 Å². The van der Waals surface area contributed by atoms with E-state index in [1.807, 2.05) is 30.1 Å². The van der Waals surface area contributed by atoms with Gasteiger partial charge in [-0.15, -0.1) is 0 Å². The highest BCUT2D eigenvalue weighted by Crippen LogP contribution is 2.35. The van der Waals surface area contributed by atoms with Gasteiger partial charge in [-0.2, -0.15) is 5.26 Å². The molecule has 1 heterocycles. The minimum absolute atomic E-state index is 0.414. The number of benzene rings is 1. The fourth-order valence-electron chi connectivity index (χ4n) is 2.17. The van der Waals surface area contributed by atoms with Gasteiger partial charge in [-0.3, -0.25) is 0 Å². The molecular formula is C14H18N2O3. The van der Waals surface area contributed by atoms with Crippen LogP contribution in [0.25, 0.3) is 0 Å². The van der Waals surface area contributed by atoms with Crippen LogP contribution in [0, 0.1) is 16.7 Å². The largest absolute Gasteiger partial charge is 0.497 e. The zero-order valence-electron chi connectivity index (χ0n) is 11.5. The Morgan fingerprint density at radius 1 is 1.37 bits per heavy atom. The lowest BCUT2D eigenvalue weighted by atomic mass is 9.87. The number of nitriles is 1. The molecule has 1 aromatic rings. The number of ether oxygens (including phenoxy) is 3. The Kier molecular flexibility index (Phi) is 3.82. The second-order valence-corrected chi connectivity index (χ2v) is 4.78. The van der Waals surface area contributed by atoms with Crippen LogP contribution in [0.4, 0.5) is 5.69 Å². The predicted molar refractivity (Wildman–Crippen MR) is 71.7 cm³/mol. The lowest BCUT2D eigenvalue weighted by Crippen LogP contribution is -2.49. The third-order valence-electron chi connectivity index (χ3n) is 3.33. The van der Waals surface area contributed by atoms with Crippen LogP contribution in [-0.2, 0) is 4.74 Å². The number of methoxy groups -OCH3 is 2. The summed E-state index contributed by atoms with van der Waals surface area (Å²) >= 11 is 0. The third kappa shape index (κ3) is 2.59. The molecule has 1 aromatic carbocycles. The van der Waals surface area contributed by atoms with E-state index in [1.54, 1.807) is 14.2 Å². The third-order valence-corrected chi connectivity index (χ3v) is 3.33. The molecule has 102 valence electrons. The highest BCUT2D eigenvalue weighted by atomic mass is 16.5. The van der Waals surface area contributed by atoms with Gasteiger partial charge in [0, 0.05) is 19.7 Å². The van der Waals surface area contributed by atoms with Gasteiger partial charge in [0.1, 0.15) is 16.9 Å². The van der Waals surface area contributed by atoms with Crippen LogP contribution in [0.15, 0.2) is 18.2 Å². The Hall–Kier alpha value is -1.93. The maximum Gasteiger partial charge on any atom is 0.142 e. The first-order valence-electron chi connectivity index (χ1n) is 6.06. The lowest BCUT2D eigenvalue weighted by molar-refractivity contribution is -0.0716. The van der Waals surface area contributed by atoms with Gasteiger partial charge in [0.2, 0.25) is 0 Å². The molecule has 0 N–H and O–H groups in total. The Bertz CT molecular complexity index is 492. The van der Waals surface area contributed by atoms with E-state index in [0.717, 1.165) is 17.2 Å². The first-order chi connectivity index (χ1) is 9.14. The molecule has 0 amide bonds. The quantitative estimate of drug-likeness (QED) is 0.808. The van der Waals surface area contributed by atoms with E-state index < -0.39 is 5.41 Å². The summed E-state index contributed by atoms with van der Waals surface area (Å²) in [6.45, 7) is 1.58. The Morgan fingerprint density at radius 3 is 2.58 bits per heavy atom. The Morgan fingerprint density at radius 2 is 2.11 bits per heavy atom. The van der Waals surface area contributed by atoms with E-state index in [1.165, 1.54) is 0 Å². The first-order valence-corrected chi connectivity index (χ1v) is 6.06. The standard InChI is InChI=1S/C14H18N2O3/c1-16(8-14(7-15)9-19-10-14)12-6-11(17-2)4-5-13(12)18-3/h4-6H,8-10H2,1-3H3. The molecule has 5 nitrogen and oxygen atoms in total. The van der Waals surface area contributed by atoms with Crippen molar-refractivity contribution in [3.8, 4) is 17.6 Å². The zero-order valence-corrected chi connectivity index (χ0v) is 11.5. The second-order valence-electron chi connectivity index (χ2n) is 4.78. The molecule has 0 aliphatic carbocycles. The summed E-state index contributed by atoms with van der Waals surface area (Å²) < 4.78 is 15.7. The monoisotopic (exact) mass is 262 g/mol. The highest BCUT2D eigenvalue weighted by Gasteiger charge is 2.40. The molecule has 19 heavy (non-hydrogen) atoms. The Labute approximate surface area is 113 Å². The summed E-state index contributed by atoms with van der Waals surface area (Å²) in [7, 11) is 5.20. The van der Waals surface area contributed by atoms with Crippen LogP contribution >= 0.6 is 0 Å². The van der Waals surface area contributed by atoms with Crippen molar-refractivity contribution in [1.29, 1.82) is 5.26 Å². The van der Waals surface area contributed by atoms with Crippen molar-refractivity contribution in [3.63, 3.8) is 0 Å². The number of hydrogen-bond acceptors (Lipinski definition) is 5. The van der Waals surface area contributed by atoms with Crippen LogP contribution in [0.3, 0.4) is 0 Å². The minimum atomic E-state index is -0.414. The van der Waals surface area contributed by atoms with Gasteiger partial charge in [0.05, 0.1) is 39.2 Å². The SMILES string of the molecule is COc1ccc(OC)c(N(C)CC2(C#N)COC2)c1. The topological polar surface area (TPSA) is 54.7 Å². The van der Waals surface area contributed by atoms with E-state index in [4.69, 9.17) is 14.2 Å². The maximum atomic E-state index is 9.25. The summed E-state index contributed by atoms with van der Waals surface area (Å²) in [6.07, 6.45) is 0. The highest BCUT2D eigenvalue weighted by molar-refractivity contribution is 5.61. The van der Waals surface area contributed by atoms with E-state index in [9.17, 15) is 5.26 Å². The van der Waals surface area contributed by atoms with Gasteiger partial charge < -0.3 is 19.1 Å². The van der Waals surface area contributed by atoms with Crippen LogP contribution in [0.2, 0.25) is 0 Å². The fraction of sp³-hybridized carbons (Fsp3) is 0.500. The molecule has 0 radical (unpaired) electrons. The average molecular weight is 262 g/mol. The average Bonchev–Trinajstić information content (AvgIpc) is 2.41. The first kappa shape index (κ1) is 13.5. The van der Waals surface area contributed by atoms with Gasteiger partial charge in [-0.1, -0.05) is 0 Å². The molecule has 5 heteroatoms. The molecule has 1 fully saturated rings. The number of hydrogen-bond donors (Lipinski definition) is 0. The number of rotatable bonds is 5. The molecule has 0 spiro atoms. The predicted octanol–water partition coefficient (Wildman–Crippen LogP) is 1.68. The van der Waals surface area contributed by atoms with Gasteiger partial charge in [0.15, 0.2) is 0 Å². The summed E-state index contributed by atoms with van der Waals surface area (Å²) in [6, 6.07) is 7.96. The van der Waals surface area contributed by atoms with Crippen molar-refractivity contribution in [3.05, 3.63) is 18.2 Å². The van der Waals surface area contributed by atoms with Gasteiger partial charge in [0.25, 0.3) is 0 Å². The lowest BCUT2D eigenvalue weighted by Gasteiger charge is -2.38. The molecule has 0 saturated carbocycles. The second kappa shape index (κ2) is 5.37. The van der Waals surface area contributed by atoms with Crippen molar-refractivity contribution in [2.24, 2.45) is 5.41 Å². The zero-order chi connectivity index (χ0) is 13.9. The number of anilines is 1. The molecule has 0 atom stereocenters. The molecule has 1 aliphatic heterocycles. The van der Waals surface area contributed by atoms with Gasteiger partial charge in [-0.25, -0.2) is 0 Å². The summed E-state index contributed by atoms with van der Waals surface area (Å²) in [5.41, 5.74) is 0.492. The molecule has 0 unspecified atom stereocenters. The number of nitrogens with zero attached hydrogens (tertiary/aromatic N) is 2. The van der Waals surface area contributed by atoms with Crippen molar-refractivity contribution >= 4 is 5.69 Å². The van der Waals surface area contributed by atoms with Gasteiger partial charge >= 0.3 is 0 Å². The van der Waals surface area contributed by atoms with Crippen molar-refractivity contribution in [2.45, 2.75) is 0 Å². The van der Waals surface area contributed by atoms with Crippen LogP contribution < -0.4 is 14.4 Å². The normalized spacial score (nSPS) is 16.1. The molecule has 2 rings (SSSR count). The van der Waals surface area contributed by atoms with E-state index >= 15 is 0 Å². The molecule has 1 saturated heterocycles. The molecule has 0 bridgehead atoms. The molecule has 0 aromatic heterocycles. The summed E-state index contributed by atoms with van der Waals surface area (Å²) in [4.78, 5) is 2.01.